The SMILES string of the molecule is NCCC(O)c1ccccc1N. The molecule has 0 spiro atoms. The summed E-state index contributed by atoms with van der Waals surface area (Å²) in [5.74, 6) is 0. The van der Waals surface area contributed by atoms with Gasteiger partial charge in [0.2, 0.25) is 0 Å². The molecule has 0 bridgehead atoms. The molecule has 0 aliphatic carbocycles. The Hall–Kier alpha value is -1.06. The van der Waals surface area contributed by atoms with Crippen molar-refractivity contribution in [1.82, 2.24) is 0 Å². The van der Waals surface area contributed by atoms with Crippen LogP contribution in [0, 0.1) is 0 Å². The van der Waals surface area contributed by atoms with Gasteiger partial charge in [-0.15, -0.1) is 0 Å². The summed E-state index contributed by atoms with van der Waals surface area (Å²) in [5.41, 5.74) is 12.4. The van der Waals surface area contributed by atoms with Crippen molar-refractivity contribution in [2.24, 2.45) is 5.73 Å². The maximum Gasteiger partial charge on any atom is 0.0821 e. The van der Waals surface area contributed by atoms with Gasteiger partial charge in [0.15, 0.2) is 0 Å². The molecule has 0 amide bonds. The van der Waals surface area contributed by atoms with Crippen LogP contribution in [0.25, 0.3) is 0 Å². The zero-order chi connectivity index (χ0) is 8.97. The number of para-hydroxylation sites is 1. The van der Waals surface area contributed by atoms with E-state index in [9.17, 15) is 5.11 Å². The molecule has 5 N–H and O–H groups in total. The summed E-state index contributed by atoms with van der Waals surface area (Å²) in [6.07, 6.45) is 0.0185. The van der Waals surface area contributed by atoms with Crippen LogP contribution in [-0.2, 0) is 0 Å². The predicted molar refractivity (Wildman–Crippen MR) is 49.5 cm³/mol. The standard InChI is InChI=1S/C9H14N2O/c10-6-5-9(12)7-3-1-2-4-8(7)11/h1-4,9,12H,5-6,10-11H2. The van der Waals surface area contributed by atoms with Gasteiger partial charge in [0.1, 0.15) is 0 Å². The Balaban J connectivity index is 2.79. The number of hydrogen-bond acceptors (Lipinski definition) is 3. The Morgan fingerprint density at radius 1 is 1.33 bits per heavy atom. The lowest BCUT2D eigenvalue weighted by molar-refractivity contribution is 0.171. The zero-order valence-electron chi connectivity index (χ0n) is 6.90. The van der Waals surface area contributed by atoms with Crippen LogP contribution in [0.5, 0.6) is 0 Å². The molecule has 0 fully saturated rings. The van der Waals surface area contributed by atoms with E-state index in [-0.39, 0.29) is 0 Å². The van der Waals surface area contributed by atoms with Crippen LogP contribution in [0.4, 0.5) is 5.69 Å². The molecule has 1 unspecified atom stereocenters. The number of anilines is 1. The van der Waals surface area contributed by atoms with Gasteiger partial charge in [-0.25, -0.2) is 0 Å². The average molecular weight is 166 g/mol. The van der Waals surface area contributed by atoms with E-state index in [0.29, 0.717) is 18.7 Å². The van der Waals surface area contributed by atoms with Crippen molar-refractivity contribution in [1.29, 1.82) is 0 Å². The number of benzene rings is 1. The quantitative estimate of drug-likeness (QED) is 0.577. The van der Waals surface area contributed by atoms with Crippen LogP contribution in [0.2, 0.25) is 0 Å². The molecule has 0 radical (unpaired) electrons. The Bertz CT molecular complexity index is 250. The number of aliphatic hydroxyl groups excluding tert-OH is 1. The lowest BCUT2D eigenvalue weighted by Crippen LogP contribution is -2.08. The number of nitrogen functional groups attached to an aromatic ring is 1. The molecule has 0 aliphatic rings. The second-order valence-electron chi connectivity index (χ2n) is 2.72. The number of nitrogens with two attached hydrogens (primary N) is 2. The van der Waals surface area contributed by atoms with Gasteiger partial charge in [0, 0.05) is 11.3 Å². The normalized spacial score (nSPS) is 12.8. The van der Waals surface area contributed by atoms with Crippen LogP contribution in [0.15, 0.2) is 24.3 Å². The molecule has 12 heavy (non-hydrogen) atoms. The van der Waals surface area contributed by atoms with E-state index in [4.69, 9.17) is 11.5 Å². The summed E-state index contributed by atoms with van der Waals surface area (Å²) in [6, 6.07) is 7.28. The van der Waals surface area contributed by atoms with E-state index >= 15 is 0 Å². The van der Waals surface area contributed by atoms with Gasteiger partial charge in [-0.2, -0.15) is 0 Å². The lowest BCUT2D eigenvalue weighted by atomic mass is 10.1. The van der Waals surface area contributed by atoms with Crippen molar-refractivity contribution in [3.8, 4) is 0 Å². The van der Waals surface area contributed by atoms with E-state index in [2.05, 4.69) is 0 Å². The molecule has 3 heteroatoms. The third-order valence-electron chi connectivity index (χ3n) is 1.80. The Kier molecular flexibility index (Phi) is 3.08. The monoisotopic (exact) mass is 166 g/mol. The topological polar surface area (TPSA) is 72.3 Å². The first-order valence-corrected chi connectivity index (χ1v) is 3.98. The molecular weight excluding hydrogens is 152 g/mol. The van der Waals surface area contributed by atoms with E-state index in [1.165, 1.54) is 0 Å². The molecule has 1 atom stereocenters. The van der Waals surface area contributed by atoms with Crippen LogP contribution in [0.3, 0.4) is 0 Å². The highest BCUT2D eigenvalue weighted by atomic mass is 16.3. The molecule has 1 aromatic rings. The predicted octanol–water partition coefficient (Wildman–Crippen LogP) is 0.651. The van der Waals surface area contributed by atoms with E-state index < -0.39 is 6.10 Å². The fourth-order valence-electron chi connectivity index (χ4n) is 1.13. The molecule has 0 saturated heterocycles. The Labute approximate surface area is 72.0 Å². The number of aliphatic hydroxyl groups is 1. The smallest absolute Gasteiger partial charge is 0.0821 e. The van der Waals surface area contributed by atoms with E-state index in [1.807, 2.05) is 18.2 Å². The van der Waals surface area contributed by atoms with Gasteiger partial charge >= 0.3 is 0 Å². The fraction of sp³-hybridized carbons (Fsp3) is 0.333. The number of hydrogen-bond donors (Lipinski definition) is 3. The molecule has 0 saturated carbocycles. The molecule has 1 aromatic carbocycles. The van der Waals surface area contributed by atoms with Crippen molar-refractivity contribution < 1.29 is 5.11 Å². The van der Waals surface area contributed by atoms with Crippen molar-refractivity contribution >= 4 is 5.69 Å². The summed E-state index contributed by atoms with van der Waals surface area (Å²) < 4.78 is 0. The number of rotatable bonds is 3. The minimum absolute atomic E-state index is 0.468. The highest BCUT2D eigenvalue weighted by Gasteiger charge is 2.08. The minimum Gasteiger partial charge on any atom is -0.398 e. The van der Waals surface area contributed by atoms with Crippen LogP contribution in [-0.4, -0.2) is 11.7 Å². The van der Waals surface area contributed by atoms with Gasteiger partial charge in [0.05, 0.1) is 6.10 Å². The molecular formula is C9H14N2O. The third kappa shape index (κ3) is 1.96. The summed E-state index contributed by atoms with van der Waals surface area (Å²) in [6.45, 7) is 0.468. The molecule has 3 nitrogen and oxygen atoms in total. The first-order valence-electron chi connectivity index (χ1n) is 3.98. The van der Waals surface area contributed by atoms with E-state index in [0.717, 1.165) is 5.56 Å². The Morgan fingerprint density at radius 3 is 2.58 bits per heavy atom. The molecule has 66 valence electrons. The molecule has 0 heterocycles. The highest BCUT2D eigenvalue weighted by Crippen LogP contribution is 2.21. The zero-order valence-corrected chi connectivity index (χ0v) is 6.90. The maximum absolute atomic E-state index is 9.54. The van der Waals surface area contributed by atoms with Crippen molar-refractivity contribution in [2.75, 3.05) is 12.3 Å². The molecule has 0 aromatic heterocycles. The highest BCUT2D eigenvalue weighted by molar-refractivity contribution is 5.47. The summed E-state index contributed by atoms with van der Waals surface area (Å²) >= 11 is 0. The van der Waals surface area contributed by atoms with Crippen molar-refractivity contribution in [3.05, 3.63) is 29.8 Å². The van der Waals surface area contributed by atoms with E-state index in [1.54, 1.807) is 6.07 Å². The first kappa shape index (κ1) is 9.03. The summed E-state index contributed by atoms with van der Waals surface area (Å²) in [4.78, 5) is 0. The van der Waals surface area contributed by atoms with Gasteiger partial charge < -0.3 is 16.6 Å². The second kappa shape index (κ2) is 4.09. The second-order valence-corrected chi connectivity index (χ2v) is 2.72. The fourth-order valence-corrected chi connectivity index (χ4v) is 1.13. The minimum atomic E-state index is -0.531. The molecule has 0 aliphatic heterocycles. The lowest BCUT2D eigenvalue weighted by Gasteiger charge is -2.11. The van der Waals surface area contributed by atoms with Crippen LogP contribution < -0.4 is 11.5 Å². The maximum atomic E-state index is 9.54. The summed E-state index contributed by atoms with van der Waals surface area (Å²) in [7, 11) is 0. The van der Waals surface area contributed by atoms with Gasteiger partial charge in [-0.1, -0.05) is 18.2 Å². The van der Waals surface area contributed by atoms with Crippen LogP contribution in [0.1, 0.15) is 18.1 Å². The van der Waals surface area contributed by atoms with Gasteiger partial charge in [-0.05, 0) is 19.0 Å². The first-order chi connectivity index (χ1) is 5.75. The largest absolute Gasteiger partial charge is 0.398 e. The average Bonchev–Trinajstić information content (AvgIpc) is 2.05. The van der Waals surface area contributed by atoms with Crippen LogP contribution >= 0.6 is 0 Å². The van der Waals surface area contributed by atoms with Gasteiger partial charge in [-0.3, -0.25) is 0 Å². The summed E-state index contributed by atoms with van der Waals surface area (Å²) in [5, 5.41) is 9.54. The Morgan fingerprint density at radius 2 is 2.00 bits per heavy atom. The third-order valence-corrected chi connectivity index (χ3v) is 1.80. The van der Waals surface area contributed by atoms with Gasteiger partial charge in [0.25, 0.3) is 0 Å². The van der Waals surface area contributed by atoms with Crippen molar-refractivity contribution in [3.63, 3.8) is 0 Å². The van der Waals surface area contributed by atoms with Crippen molar-refractivity contribution in [2.45, 2.75) is 12.5 Å². The molecule has 1 rings (SSSR count).